The van der Waals surface area contributed by atoms with Gasteiger partial charge in [-0.05, 0) is 19.1 Å². The smallest absolute Gasteiger partial charge is 0.348 e. The Labute approximate surface area is 132 Å². The quantitative estimate of drug-likeness (QED) is 0.803. The Morgan fingerprint density at radius 1 is 1.13 bits per heavy atom. The van der Waals surface area contributed by atoms with Crippen molar-refractivity contribution in [3.8, 4) is 23.5 Å². The summed E-state index contributed by atoms with van der Waals surface area (Å²) in [7, 11) is 2.95. The number of carbonyl (C=O) groups is 1. The molecule has 0 N–H and O–H groups in total. The van der Waals surface area contributed by atoms with Gasteiger partial charge in [0.25, 0.3) is 0 Å². The number of benzene rings is 1. The first-order valence-electron chi connectivity index (χ1n) is 6.83. The van der Waals surface area contributed by atoms with Gasteiger partial charge in [-0.3, -0.25) is 0 Å². The molecule has 2 heterocycles. The zero-order valence-electron chi connectivity index (χ0n) is 12.8. The van der Waals surface area contributed by atoms with Crippen molar-refractivity contribution in [2.24, 2.45) is 0 Å². The van der Waals surface area contributed by atoms with Crippen molar-refractivity contribution in [3.63, 3.8) is 0 Å². The highest BCUT2D eigenvalue weighted by atomic mass is 16.5. The lowest BCUT2D eigenvalue weighted by molar-refractivity contribution is 0.0713. The molecule has 118 valence electrons. The summed E-state index contributed by atoms with van der Waals surface area (Å²) in [5.74, 6) is 0.908. The van der Waals surface area contributed by atoms with Crippen molar-refractivity contribution in [2.45, 2.75) is 6.92 Å². The van der Waals surface area contributed by atoms with Crippen molar-refractivity contribution in [2.75, 3.05) is 14.2 Å². The largest absolute Gasteiger partial charge is 0.481 e. The molecule has 7 nitrogen and oxygen atoms in total. The molecular formula is C16H14N2O5. The molecule has 0 saturated carbocycles. The van der Waals surface area contributed by atoms with E-state index in [2.05, 4.69) is 9.97 Å². The van der Waals surface area contributed by atoms with Crippen LogP contribution in [0.15, 0.2) is 30.3 Å². The van der Waals surface area contributed by atoms with Crippen LogP contribution in [0.2, 0.25) is 0 Å². The molecule has 1 aromatic carbocycles. The van der Waals surface area contributed by atoms with Crippen LogP contribution in [0.3, 0.4) is 0 Å². The fraction of sp³-hybridized carbons (Fsp3) is 0.188. The molecule has 0 spiro atoms. The number of ether oxygens (including phenoxy) is 4. The first kappa shape index (κ1) is 14.8. The van der Waals surface area contributed by atoms with Gasteiger partial charge in [0.1, 0.15) is 17.1 Å². The average Bonchev–Trinajstić information content (AvgIpc) is 2.91. The van der Waals surface area contributed by atoms with Gasteiger partial charge in [0.05, 0.1) is 20.3 Å². The van der Waals surface area contributed by atoms with E-state index in [9.17, 15) is 4.79 Å². The lowest BCUT2D eigenvalue weighted by atomic mass is 10.1. The summed E-state index contributed by atoms with van der Waals surface area (Å²) in [5.41, 5.74) is 1.01. The van der Waals surface area contributed by atoms with E-state index in [0.717, 1.165) is 0 Å². The van der Waals surface area contributed by atoms with Crippen molar-refractivity contribution in [3.05, 3.63) is 41.5 Å². The number of methoxy groups -OCH3 is 2. The predicted molar refractivity (Wildman–Crippen MR) is 80.7 cm³/mol. The van der Waals surface area contributed by atoms with Crippen LogP contribution >= 0.6 is 0 Å². The minimum atomic E-state index is -0.474. The Morgan fingerprint density at radius 3 is 2.43 bits per heavy atom. The minimum Gasteiger partial charge on any atom is -0.481 e. The van der Waals surface area contributed by atoms with E-state index >= 15 is 0 Å². The van der Waals surface area contributed by atoms with E-state index in [1.54, 1.807) is 31.2 Å². The third kappa shape index (κ3) is 2.68. The van der Waals surface area contributed by atoms with Crippen LogP contribution in [0, 0.1) is 0 Å². The predicted octanol–water partition coefficient (Wildman–Crippen LogP) is 2.82. The van der Waals surface area contributed by atoms with Crippen molar-refractivity contribution >= 4 is 11.7 Å². The highest BCUT2D eigenvalue weighted by Crippen LogP contribution is 2.37. The molecular weight excluding hydrogens is 300 g/mol. The maximum Gasteiger partial charge on any atom is 0.348 e. The van der Waals surface area contributed by atoms with Gasteiger partial charge >= 0.3 is 12.0 Å². The number of fused-ring (bicyclic) bond motifs is 1. The Hall–Kier alpha value is -3.09. The molecule has 0 unspecified atom stereocenters. The highest BCUT2D eigenvalue weighted by Gasteiger charge is 2.30. The number of aromatic nitrogens is 2. The van der Waals surface area contributed by atoms with E-state index in [4.69, 9.17) is 18.9 Å². The van der Waals surface area contributed by atoms with E-state index in [0.29, 0.717) is 22.6 Å². The number of allylic oxidation sites excluding steroid dienone is 1. The van der Waals surface area contributed by atoms with Crippen molar-refractivity contribution < 1.29 is 23.7 Å². The van der Waals surface area contributed by atoms with E-state index in [1.165, 1.54) is 20.3 Å². The number of hydrogen-bond acceptors (Lipinski definition) is 7. The third-order valence-corrected chi connectivity index (χ3v) is 3.24. The summed E-state index contributed by atoms with van der Waals surface area (Å²) in [5, 5.41) is 0. The zero-order valence-corrected chi connectivity index (χ0v) is 12.8. The maximum atomic E-state index is 12.1. The number of rotatable bonds is 4. The molecule has 0 amide bonds. The van der Waals surface area contributed by atoms with Crippen LogP contribution < -0.4 is 14.2 Å². The standard InChI is InChI=1S/C16H14N2O5/c1-4-10-9-6-5-7-11(14(9)15(19)22-10)23-16-17-12(20-2)8-13(18-16)21-3/h4-8H,1-3H3/b10-4-. The van der Waals surface area contributed by atoms with E-state index in [1.807, 2.05) is 0 Å². The Kier molecular flexibility index (Phi) is 3.84. The molecule has 7 heteroatoms. The van der Waals surface area contributed by atoms with Gasteiger partial charge in [0, 0.05) is 5.56 Å². The topological polar surface area (TPSA) is 79.8 Å². The summed E-state index contributed by atoms with van der Waals surface area (Å²) in [4.78, 5) is 20.2. The Bertz CT molecular complexity index is 779. The van der Waals surface area contributed by atoms with E-state index < -0.39 is 5.97 Å². The normalized spacial score (nSPS) is 14.4. The number of esters is 1. The van der Waals surface area contributed by atoms with Gasteiger partial charge in [-0.25, -0.2) is 4.79 Å². The summed E-state index contributed by atoms with van der Waals surface area (Å²) in [6, 6.07) is 6.73. The molecule has 2 aromatic rings. The molecule has 0 aliphatic carbocycles. The van der Waals surface area contributed by atoms with Crippen molar-refractivity contribution in [1.29, 1.82) is 0 Å². The molecule has 23 heavy (non-hydrogen) atoms. The van der Waals surface area contributed by atoms with Crippen molar-refractivity contribution in [1.82, 2.24) is 9.97 Å². The molecule has 0 atom stereocenters. The van der Waals surface area contributed by atoms with Gasteiger partial charge in [-0.2, -0.15) is 9.97 Å². The van der Waals surface area contributed by atoms with Crippen LogP contribution in [0.4, 0.5) is 0 Å². The summed E-state index contributed by atoms with van der Waals surface area (Å²) >= 11 is 0. The fourth-order valence-corrected chi connectivity index (χ4v) is 2.19. The second-order valence-corrected chi connectivity index (χ2v) is 4.56. The lowest BCUT2D eigenvalue weighted by Gasteiger charge is -2.09. The summed E-state index contributed by atoms with van der Waals surface area (Å²) in [6.45, 7) is 1.79. The highest BCUT2D eigenvalue weighted by molar-refractivity contribution is 6.05. The number of carbonyl (C=O) groups excluding carboxylic acids is 1. The molecule has 1 aliphatic heterocycles. The van der Waals surface area contributed by atoms with Crippen LogP contribution in [-0.4, -0.2) is 30.2 Å². The SMILES string of the molecule is C/C=C1\OC(=O)c2c(Oc3nc(OC)cc(OC)n3)cccc21. The Morgan fingerprint density at radius 2 is 1.83 bits per heavy atom. The maximum absolute atomic E-state index is 12.1. The van der Waals surface area contributed by atoms with Gasteiger partial charge in [-0.15, -0.1) is 0 Å². The fourth-order valence-electron chi connectivity index (χ4n) is 2.19. The first-order chi connectivity index (χ1) is 11.2. The molecule has 0 bridgehead atoms. The second kappa shape index (κ2) is 5.96. The monoisotopic (exact) mass is 314 g/mol. The number of hydrogen-bond donors (Lipinski definition) is 0. The zero-order chi connectivity index (χ0) is 16.4. The van der Waals surface area contributed by atoms with Gasteiger partial charge < -0.3 is 18.9 Å². The van der Waals surface area contributed by atoms with E-state index in [-0.39, 0.29) is 17.8 Å². The number of nitrogens with zero attached hydrogens (tertiary/aromatic N) is 2. The van der Waals surface area contributed by atoms with Crippen LogP contribution in [0.5, 0.6) is 23.5 Å². The molecule has 0 saturated heterocycles. The van der Waals surface area contributed by atoms with Gasteiger partial charge in [0.15, 0.2) is 0 Å². The summed E-state index contributed by atoms with van der Waals surface area (Å²) in [6.07, 6.45) is 1.72. The van der Waals surface area contributed by atoms with Gasteiger partial charge in [0.2, 0.25) is 11.8 Å². The number of cyclic esters (lactones) is 1. The Balaban J connectivity index is 2.02. The summed E-state index contributed by atoms with van der Waals surface area (Å²) < 4.78 is 21.0. The minimum absolute atomic E-state index is 0.0105. The molecule has 1 aromatic heterocycles. The lowest BCUT2D eigenvalue weighted by Crippen LogP contribution is -2.01. The van der Waals surface area contributed by atoms with Crippen LogP contribution in [0.25, 0.3) is 5.76 Å². The molecule has 3 rings (SSSR count). The first-order valence-corrected chi connectivity index (χ1v) is 6.83. The molecule has 1 aliphatic rings. The second-order valence-electron chi connectivity index (χ2n) is 4.56. The van der Waals surface area contributed by atoms with Crippen LogP contribution in [0.1, 0.15) is 22.8 Å². The average molecular weight is 314 g/mol. The molecule has 0 fully saturated rings. The molecule has 0 radical (unpaired) electrons. The van der Waals surface area contributed by atoms with Crippen LogP contribution in [-0.2, 0) is 4.74 Å². The third-order valence-electron chi connectivity index (χ3n) is 3.24. The van der Waals surface area contributed by atoms with Gasteiger partial charge in [-0.1, -0.05) is 12.1 Å².